The van der Waals surface area contributed by atoms with Crippen molar-refractivity contribution in [2.75, 3.05) is 33.4 Å². The van der Waals surface area contributed by atoms with E-state index in [4.69, 9.17) is 32.7 Å². The van der Waals surface area contributed by atoms with Gasteiger partial charge in [-0.15, -0.1) is 0 Å². The highest BCUT2D eigenvalue weighted by Crippen LogP contribution is 2.38. The molecule has 1 unspecified atom stereocenters. The van der Waals surface area contributed by atoms with Gasteiger partial charge in [-0.3, -0.25) is 9.59 Å². The maximum Gasteiger partial charge on any atom is 0.336 e. The molecule has 0 saturated carbocycles. The Balaban J connectivity index is 2.38. The van der Waals surface area contributed by atoms with Gasteiger partial charge in [-0.25, -0.2) is 4.79 Å². The first-order valence-electron chi connectivity index (χ1n) is 9.18. The number of carbonyl (C=O) groups excluding carboxylic acids is 3. The van der Waals surface area contributed by atoms with Crippen LogP contribution in [0.15, 0.2) is 29.5 Å². The maximum absolute atomic E-state index is 12.8. The molecule has 158 valence electrons. The molecule has 2 rings (SSSR count). The molecule has 2 amide bonds. The lowest BCUT2D eigenvalue weighted by atomic mass is 9.83. The standard InChI is InChI=1S/C20H24Cl2N2O5/c1-4-29-20(27)19-12(2)24(11-17(25)23-7-8-28-3)18(26)10-14(19)13-5-6-15(21)16(22)9-13/h5-6,9,14H,4,7-8,10-11H2,1-3H3,(H,23,25). The Labute approximate surface area is 179 Å². The molecule has 0 aliphatic carbocycles. The molecule has 0 saturated heterocycles. The van der Waals surface area contributed by atoms with Crippen LogP contribution in [0.1, 0.15) is 31.7 Å². The molecule has 1 aromatic rings. The van der Waals surface area contributed by atoms with Gasteiger partial charge in [0.05, 0.1) is 28.8 Å². The van der Waals surface area contributed by atoms with Gasteiger partial charge in [0, 0.05) is 31.7 Å². The quantitative estimate of drug-likeness (QED) is 0.494. The summed E-state index contributed by atoms with van der Waals surface area (Å²) in [5.74, 6) is -1.68. The second kappa shape index (κ2) is 10.6. The van der Waals surface area contributed by atoms with Crippen molar-refractivity contribution in [3.8, 4) is 0 Å². The number of hydrogen-bond donors (Lipinski definition) is 1. The van der Waals surface area contributed by atoms with Crippen LogP contribution >= 0.6 is 23.2 Å². The van der Waals surface area contributed by atoms with Crippen molar-refractivity contribution in [1.82, 2.24) is 10.2 Å². The van der Waals surface area contributed by atoms with Crippen molar-refractivity contribution in [3.05, 3.63) is 45.1 Å². The van der Waals surface area contributed by atoms with Crippen LogP contribution in [0.25, 0.3) is 0 Å². The maximum atomic E-state index is 12.8. The van der Waals surface area contributed by atoms with Crippen LogP contribution in [0.3, 0.4) is 0 Å². The first-order chi connectivity index (χ1) is 13.8. The number of hydrogen-bond acceptors (Lipinski definition) is 5. The summed E-state index contributed by atoms with van der Waals surface area (Å²) in [6.45, 7) is 4.03. The molecular weight excluding hydrogens is 419 g/mol. The van der Waals surface area contributed by atoms with Crippen LogP contribution in [0.2, 0.25) is 10.0 Å². The summed E-state index contributed by atoms with van der Waals surface area (Å²) in [6, 6.07) is 4.99. The number of methoxy groups -OCH3 is 1. The van der Waals surface area contributed by atoms with E-state index >= 15 is 0 Å². The van der Waals surface area contributed by atoms with E-state index in [0.717, 1.165) is 0 Å². The number of carbonyl (C=O) groups is 3. The van der Waals surface area contributed by atoms with Crippen LogP contribution in [-0.2, 0) is 23.9 Å². The first kappa shape index (κ1) is 23.2. The lowest BCUT2D eigenvalue weighted by Gasteiger charge is -2.34. The normalized spacial score (nSPS) is 16.8. The Bertz CT molecular complexity index is 825. The number of allylic oxidation sites excluding steroid dienone is 1. The smallest absolute Gasteiger partial charge is 0.336 e. The number of halogens is 2. The Morgan fingerprint density at radius 1 is 1.28 bits per heavy atom. The zero-order valence-corrected chi connectivity index (χ0v) is 18.1. The predicted molar refractivity (Wildman–Crippen MR) is 110 cm³/mol. The molecule has 1 atom stereocenters. The fourth-order valence-electron chi connectivity index (χ4n) is 3.18. The van der Waals surface area contributed by atoms with Gasteiger partial charge in [0.2, 0.25) is 11.8 Å². The van der Waals surface area contributed by atoms with Crippen LogP contribution in [0.4, 0.5) is 0 Å². The summed E-state index contributed by atoms with van der Waals surface area (Å²) in [5, 5.41) is 3.38. The molecule has 1 aromatic carbocycles. The highest BCUT2D eigenvalue weighted by molar-refractivity contribution is 6.42. The lowest BCUT2D eigenvalue weighted by molar-refractivity contribution is -0.141. The Morgan fingerprint density at radius 2 is 2.00 bits per heavy atom. The molecule has 1 aliphatic heterocycles. The van der Waals surface area contributed by atoms with Gasteiger partial charge < -0.3 is 19.7 Å². The third-order valence-corrected chi connectivity index (χ3v) is 5.33. The van der Waals surface area contributed by atoms with E-state index in [1.807, 2.05) is 0 Å². The highest BCUT2D eigenvalue weighted by atomic mass is 35.5. The number of ether oxygens (including phenoxy) is 2. The van der Waals surface area contributed by atoms with Crippen molar-refractivity contribution in [3.63, 3.8) is 0 Å². The minimum absolute atomic E-state index is 0.00873. The SMILES string of the molecule is CCOC(=O)C1=C(C)N(CC(=O)NCCOC)C(=O)CC1c1ccc(Cl)c(Cl)c1. The monoisotopic (exact) mass is 442 g/mol. The Hall–Kier alpha value is -2.09. The van der Waals surface area contributed by atoms with E-state index in [9.17, 15) is 14.4 Å². The fourth-order valence-corrected chi connectivity index (χ4v) is 3.49. The average Bonchev–Trinajstić information content (AvgIpc) is 2.67. The van der Waals surface area contributed by atoms with Crippen molar-refractivity contribution < 1.29 is 23.9 Å². The molecule has 29 heavy (non-hydrogen) atoms. The van der Waals surface area contributed by atoms with E-state index < -0.39 is 11.9 Å². The summed E-state index contributed by atoms with van der Waals surface area (Å²) in [6.07, 6.45) is 0.00873. The van der Waals surface area contributed by atoms with E-state index in [1.54, 1.807) is 32.0 Å². The summed E-state index contributed by atoms with van der Waals surface area (Å²) < 4.78 is 10.1. The number of rotatable bonds is 8. The summed E-state index contributed by atoms with van der Waals surface area (Å²) in [4.78, 5) is 39.0. The summed E-state index contributed by atoms with van der Waals surface area (Å²) >= 11 is 12.1. The molecule has 9 heteroatoms. The second-order valence-electron chi connectivity index (χ2n) is 6.47. The summed E-state index contributed by atoms with van der Waals surface area (Å²) in [5.41, 5.74) is 1.39. The van der Waals surface area contributed by atoms with Crippen molar-refractivity contribution in [2.24, 2.45) is 0 Å². The minimum Gasteiger partial charge on any atom is -0.463 e. The van der Waals surface area contributed by atoms with Gasteiger partial charge in [-0.1, -0.05) is 29.3 Å². The van der Waals surface area contributed by atoms with Gasteiger partial charge in [-0.2, -0.15) is 0 Å². The first-order valence-corrected chi connectivity index (χ1v) is 9.94. The predicted octanol–water partition coefficient (Wildman–Crippen LogP) is 2.91. The molecule has 0 spiro atoms. The van der Waals surface area contributed by atoms with E-state index in [1.165, 1.54) is 12.0 Å². The average molecular weight is 443 g/mol. The molecule has 0 bridgehead atoms. The summed E-state index contributed by atoms with van der Waals surface area (Å²) in [7, 11) is 1.53. The van der Waals surface area contributed by atoms with E-state index in [-0.39, 0.29) is 31.4 Å². The lowest BCUT2D eigenvalue weighted by Crippen LogP contribution is -2.44. The van der Waals surface area contributed by atoms with Crippen LogP contribution < -0.4 is 5.32 Å². The zero-order valence-electron chi connectivity index (χ0n) is 16.6. The van der Waals surface area contributed by atoms with Gasteiger partial charge >= 0.3 is 5.97 Å². The highest BCUT2D eigenvalue weighted by Gasteiger charge is 2.37. The molecule has 7 nitrogen and oxygen atoms in total. The molecule has 0 radical (unpaired) electrons. The number of nitrogens with one attached hydrogen (secondary N) is 1. The fraction of sp³-hybridized carbons (Fsp3) is 0.450. The Kier molecular flexibility index (Phi) is 8.49. The number of amides is 2. The minimum atomic E-state index is -0.538. The van der Waals surface area contributed by atoms with E-state index in [0.29, 0.717) is 40.0 Å². The topological polar surface area (TPSA) is 84.9 Å². The number of benzene rings is 1. The third-order valence-electron chi connectivity index (χ3n) is 4.59. The Morgan fingerprint density at radius 3 is 2.62 bits per heavy atom. The van der Waals surface area contributed by atoms with Crippen molar-refractivity contribution in [2.45, 2.75) is 26.2 Å². The van der Waals surface area contributed by atoms with Crippen LogP contribution in [-0.4, -0.2) is 56.1 Å². The van der Waals surface area contributed by atoms with Gasteiger partial charge in [-0.05, 0) is 31.5 Å². The molecule has 1 N–H and O–H groups in total. The van der Waals surface area contributed by atoms with Crippen LogP contribution in [0, 0.1) is 0 Å². The second-order valence-corrected chi connectivity index (χ2v) is 7.29. The molecule has 0 fully saturated rings. The van der Waals surface area contributed by atoms with Crippen molar-refractivity contribution >= 4 is 41.0 Å². The van der Waals surface area contributed by atoms with Gasteiger partial charge in [0.1, 0.15) is 6.54 Å². The largest absolute Gasteiger partial charge is 0.463 e. The van der Waals surface area contributed by atoms with Gasteiger partial charge in [0.25, 0.3) is 0 Å². The zero-order chi connectivity index (χ0) is 21.6. The van der Waals surface area contributed by atoms with Crippen molar-refractivity contribution in [1.29, 1.82) is 0 Å². The van der Waals surface area contributed by atoms with E-state index in [2.05, 4.69) is 5.32 Å². The molecule has 0 aromatic heterocycles. The third kappa shape index (κ3) is 5.72. The van der Waals surface area contributed by atoms with Crippen LogP contribution in [0.5, 0.6) is 0 Å². The molecule has 1 heterocycles. The molecular formula is C20H24Cl2N2O5. The van der Waals surface area contributed by atoms with Gasteiger partial charge in [0.15, 0.2) is 0 Å². The molecule has 1 aliphatic rings. The number of esters is 1. The number of nitrogens with zero attached hydrogens (tertiary/aromatic N) is 1.